The molecule has 0 bridgehead atoms. The number of amides is 2. The van der Waals surface area contributed by atoms with Gasteiger partial charge in [-0.05, 0) is 38.5 Å². The van der Waals surface area contributed by atoms with E-state index in [0.29, 0.717) is 12.2 Å². The number of fused-ring (bicyclic) bond motifs is 1. The molecule has 1 aromatic carbocycles. The zero-order valence-corrected chi connectivity index (χ0v) is 16.3. The lowest BCUT2D eigenvalue weighted by molar-refractivity contribution is -0.120. The zero-order valence-electron chi connectivity index (χ0n) is 15.5. The maximum Gasteiger partial charge on any atom is 0.412 e. The van der Waals surface area contributed by atoms with Crippen LogP contribution < -0.4 is 10.6 Å². The van der Waals surface area contributed by atoms with Gasteiger partial charge in [-0.3, -0.25) is 14.5 Å². The summed E-state index contributed by atoms with van der Waals surface area (Å²) in [6.07, 6.45) is 3.59. The number of ether oxygens (including phenoxy) is 1. The fourth-order valence-electron chi connectivity index (χ4n) is 2.43. The number of carbonyl (C=O) groups is 2. The molecule has 0 spiro atoms. The Hall–Kier alpha value is -2.87. The number of hydrogen-bond acceptors (Lipinski definition) is 5. The number of hydrogen-bond donors (Lipinski definition) is 2. The SMILES string of the molecule is CC(C)(C)OC(=O)Nc1ccc(CC(=O)NCc2cn3ccsc3n2)cc1. The molecule has 0 saturated carbocycles. The van der Waals surface area contributed by atoms with Crippen LogP contribution in [0.5, 0.6) is 0 Å². The largest absolute Gasteiger partial charge is 0.444 e. The second-order valence-corrected chi connectivity index (χ2v) is 7.98. The first-order valence-electron chi connectivity index (χ1n) is 8.55. The van der Waals surface area contributed by atoms with Gasteiger partial charge in [0.15, 0.2) is 4.96 Å². The molecule has 2 N–H and O–H groups in total. The van der Waals surface area contributed by atoms with E-state index in [4.69, 9.17) is 4.74 Å². The number of nitrogens with zero attached hydrogens (tertiary/aromatic N) is 2. The third-order valence-corrected chi connectivity index (χ3v) is 4.34. The van der Waals surface area contributed by atoms with Gasteiger partial charge in [0.25, 0.3) is 0 Å². The van der Waals surface area contributed by atoms with E-state index in [0.717, 1.165) is 16.2 Å². The van der Waals surface area contributed by atoms with Gasteiger partial charge in [0.1, 0.15) is 5.60 Å². The monoisotopic (exact) mass is 386 g/mol. The summed E-state index contributed by atoms with van der Waals surface area (Å²) in [5.41, 5.74) is 1.75. The highest BCUT2D eigenvalue weighted by atomic mass is 32.1. The summed E-state index contributed by atoms with van der Waals surface area (Å²) in [6, 6.07) is 7.10. The highest BCUT2D eigenvalue weighted by Gasteiger charge is 2.16. The van der Waals surface area contributed by atoms with Gasteiger partial charge in [-0.15, -0.1) is 11.3 Å². The number of aromatic nitrogens is 2. The number of carbonyl (C=O) groups excluding carboxylic acids is 2. The van der Waals surface area contributed by atoms with Crippen LogP contribution in [0.25, 0.3) is 4.96 Å². The molecule has 0 fully saturated rings. The first-order chi connectivity index (χ1) is 12.8. The molecule has 3 aromatic rings. The van der Waals surface area contributed by atoms with Gasteiger partial charge in [-0.1, -0.05) is 12.1 Å². The average molecular weight is 386 g/mol. The normalized spacial score (nSPS) is 11.4. The second-order valence-electron chi connectivity index (χ2n) is 7.10. The summed E-state index contributed by atoms with van der Waals surface area (Å²) in [6.45, 7) is 5.81. The molecule has 0 aliphatic rings. The first kappa shape index (κ1) is 18.9. The summed E-state index contributed by atoms with van der Waals surface area (Å²) in [5.74, 6) is -0.0841. The van der Waals surface area contributed by atoms with Gasteiger partial charge in [0.05, 0.1) is 18.7 Å². The molecule has 0 atom stereocenters. The first-order valence-corrected chi connectivity index (χ1v) is 9.43. The predicted octanol–water partition coefficient (Wildman–Crippen LogP) is 3.60. The molecule has 3 rings (SSSR count). The van der Waals surface area contributed by atoms with Crippen LogP contribution >= 0.6 is 11.3 Å². The molecule has 2 amide bonds. The van der Waals surface area contributed by atoms with Crippen LogP contribution in [0.3, 0.4) is 0 Å². The van der Waals surface area contributed by atoms with Crippen molar-refractivity contribution in [1.82, 2.24) is 14.7 Å². The molecule has 8 heteroatoms. The van der Waals surface area contributed by atoms with Crippen molar-refractivity contribution in [2.45, 2.75) is 39.3 Å². The van der Waals surface area contributed by atoms with Gasteiger partial charge in [0.2, 0.25) is 5.91 Å². The maximum absolute atomic E-state index is 12.1. The molecule has 2 heterocycles. The van der Waals surface area contributed by atoms with E-state index >= 15 is 0 Å². The molecule has 0 aliphatic carbocycles. The van der Waals surface area contributed by atoms with E-state index in [1.54, 1.807) is 56.4 Å². The van der Waals surface area contributed by atoms with Crippen molar-refractivity contribution in [3.8, 4) is 0 Å². The Morgan fingerprint density at radius 3 is 2.63 bits per heavy atom. The van der Waals surface area contributed by atoms with Crippen LogP contribution in [0.4, 0.5) is 10.5 Å². The van der Waals surface area contributed by atoms with Crippen molar-refractivity contribution >= 4 is 34.0 Å². The average Bonchev–Trinajstić information content (AvgIpc) is 3.14. The standard InChI is InChI=1S/C19H22N4O3S/c1-19(2,3)26-18(25)22-14-6-4-13(5-7-14)10-16(24)20-11-15-12-23-8-9-27-17(23)21-15/h4-9,12H,10-11H2,1-3H3,(H,20,24)(H,22,25). The smallest absolute Gasteiger partial charge is 0.412 e. The molecular formula is C19H22N4O3S. The van der Waals surface area contributed by atoms with Gasteiger partial charge in [-0.2, -0.15) is 0 Å². The third-order valence-electron chi connectivity index (χ3n) is 3.57. The van der Waals surface area contributed by atoms with E-state index in [-0.39, 0.29) is 12.3 Å². The van der Waals surface area contributed by atoms with Crippen molar-refractivity contribution < 1.29 is 14.3 Å². The van der Waals surface area contributed by atoms with Gasteiger partial charge >= 0.3 is 6.09 Å². The Morgan fingerprint density at radius 1 is 1.22 bits per heavy atom. The van der Waals surface area contributed by atoms with E-state index in [1.165, 1.54) is 0 Å². The van der Waals surface area contributed by atoms with Crippen molar-refractivity contribution in [2.75, 3.05) is 5.32 Å². The Balaban J connectivity index is 1.47. The van der Waals surface area contributed by atoms with Crippen molar-refractivity contribution in [3.63, 3.8) is 0 Å². The maximum atomic E-state index is 12.1. The van der Waals surface area contributed by atoms with Crippen molar-refractivity contribution in [1.29, 1.82) is 0 Å². The molecule has 0 aliphatic heterocycles. The third kappa shape index (κ3) is 5.55. The van der Waals surface area contributed by atoms with E-state index in [1.807, 2.05) is 22.2 Å². The van der Waals surface area contributed by atoms with E-state index in [9.17, 15) is 9.59 Å². The lowest BCUT2D eigenvalue weighted by Gasteiger charge is -2.19. The topological polar surface area (TPSA) is 84.7 Å². The molecule has 0 radical (unpaired) electrons. The minimum absolute atomic E-state index is 0.0841. The summed E-state index contributed by atoms with van der Waals surface area (Å²) in [7, 11) is 0. The summed E-state index contributed by atoms with van der Waals surface area (Å²) in [4.78, 5) is 29.2. The molecular weight excluding hydrogens is 364 g/mol. The molecule has 0 saturated heterocycles. The molecule has 142 valence electrons. The number of thiazole rings is 1. The Labute approximate surface area is 161 Å². The molecule has 27 heavy (non-hydrogen) atoms. The summed E-state index contributed by atoms with van der Waals surface area (Å²) < 4.78 is 7.14. The van der Waals surface area contributed by atoms with Crippen LogP contribution in [0.15, 0.2) is 42.0 Å². The highest BCUT2D eigenvalue weighted by Crippen LogP contribution is 2.14. The van der Waals surface area contributed by atoms with Crippen LogP contribution in [0.2, 0.25) is 0 Å². The second kappa shape index (κ2) is 7.79. The number of rotatable bonds is 5. The van der Waals surface area contributed by atoms with E-state index in [2.05, 4.69) is 15.6 Å². The number of anilines is 1. The minimum Gasteiger partial charge on any atom is -0.444 e. The lowest BCUT2D eigenvalue weighted by atomic mass is 10.1. The summed E-state index contributed by atoms with van der Waals surface area (Å²) >= 11 is 1.55. The van der Waals surface area contributed by atoms with Crippen molar-refractivity contribution in [3.05, 3.63) is 53.3 Å². The predicted molar refractivity (Wildman–Crippen MR) is 105 cm³/mol. The van der Waals surface area contributed by atoms with Crippen molar-refractivity contribution in [2.24, 2.45) is 0 Å². The quantitative estimate of drug-likeness (QED) is 0.702. The zero-order chi connectivity index (χ0) is 19.4. The molecule has 0 unspecified atom stereocenters. The molecule has 2 aromatic heterocycles. The Bertz CT molecular complexity index is 909. The van der Waals surface area contributed by atoms with Crippen LogP contribution in [-0.4, -0.2) is 27.0 Å². The van der Waals surface area contributed by atoms with Gasteiger partial charge < -0.3 is 10.1 Å². The highest BCUT2D eigenvalue weighted by molar-refractivity contribution is 7.15. The van der Waals surface area contributed by atoms with Crippen LogP contribution in [-0.2, 0) is 22.5 Å². The Morgan fingerprint density at radius 2 is 1.96 bits per heavy atom. The fraction of sp³-hybridized carbons (Fsp3) is 0.316. The van der Waals surface area contributed by atoms with E-state index < -0.39 is 11.7 Å². The number of benzene rings is 1. The Kier molecular flexibility index (Phi) is 5.46. The van der Waals surface area contributed by atoms with Gasteiger partial charge in [-0.25, -0.2) is 9.78 Å². The van der Waals surface area contributed by atoms with Gasteiger partial charge in [0, 0.05) is 23.5 Å². The van der Waals surface area contributed by atoms with Crippen LogP contribution in [0, 0.1) is 0 Å². The van der Waals surface area contributed by atoms with Crippen LogP contribution in [0.1, 0.15) is 32.0 Å². The summed E-state index contributed by atoms with van der Waals surface area (Å²) in [5, 5.41) is 7.50. The minimum atomic E-state index is -0.549. The fourth-order valence-corrected chi connectivity index (χ4v) is 3.14. The number of imidazole rings is 1. The lowest BCUT2D eigenvalue weighted by Crippen LogP contribution is -2.27. The number of nitrogens with one attached hydrogen (secondary N) is 2. The molecule has 7 nitrogen and oxygen atoms in total.